The normalized spacial score (nSPS) is 6.50. The molecule has 0 rings (SSSR count). The first-order chi connectivity index (χ1) is 2.77. The fourth-order valence-corrected chi connectivity index (χ4v) is 0.0821. The molecular formula is C4H4NO. The average molecular weight is 82.1 g/mol. The van der Waals surface area contributed by atoms with Crippen molar-refractivity contribution in [3.8, 4) is 12.3 Å². The topological polar surface area (TPSA) is 43.1 Å². The Hall–Kier alpha value is -0.970. The van der Waals surface area contributed by atoms with Gasteiger partial charge in [0.2, 0.25) is 5.91 Å². The first-order valence-electron chi connectivity index (χ1n) is 1.36. The standard InChI is InChI=1S/C4H4NO/c1-2-3-4(5)6/h1,3H,(H2,5,6). The van der Waals surface area contributed by atoms with Crippen molar-refractivity contribution in [3.63, 3.8) is 0 Å². The lowest BCUT2D eigenvalue weighted by atomic mass is 10.4. The van der Waals surface area contributed by atoms with Crippen molar-refractivity contribution in [1.82, 2.24) is 0 Å². The minimum Gasteiger partial charge on any atom is -0.369 e. The zero-order chi connectivity index (χ0) is 4.99. The molecule has 0 aliphatic heterocycles. The van der Waals surface area contributed by atoms with Gasteiger partial charge in [0.05, 0.1) is 0 Å². The predicted molar refractivity (Wildman–Crippen MR) is 22.3 cm³/mol. The van der Waals surface area contributed by atoms with Crippen molar-refractivity contribution in [2.24, 2.45) is 5.73 Å². The number of primary amides is 1. The van der Waals surface area contributed by atoms with Crippen molar-refractivity contribution < 1.29 is 4.79 Å². The Bertz CT molecular complexity index is 90.2. The summed E-state index contributed by atoms with van der Waals surface area (Å²) < 4.78 is 0. The monoisotopic (exact) mass is 82.0 g/mol. The fraction of sp³-hybridized carbons (Fsp3) is 0. The number of hydrogen-bond donors (Lipinski definition) is 1. The fourth-order valence-electron chi connectivity index (χ4n) is 0.0821. The highest BCUT2D eigenvalue weighted by Crippen LogP contribution is 1.61. The third-order valence-electron chi connectivity index (χ3n) is 0.226. The number of carbonyl (C=O) groups is 1. The van der Waals surface area contributed by atoms with E-state index in [0.717, 1.165) is 6.42 Å². The summed E-state index contributed by atoms with van der Waals surface area (Å²) in [7, 11) is 0. The van der Waals surface area contributed by atoms with E-state index in [0.29, 0.717) is 0 Å². The van der Waals surface area contributed by atoms with Crippen LogP contribution in [0.3, 0.4) is 0 Å². The van der Waals surface area contributed by atoms with Crippen molar-refractivity contribution >= 4 is 5.91 Å². The van der Waals surface area contributed by atoms with E-state index in [2.05, 4.69) is 12.2 Å². The predicted octanol–water partition coefficient (Wildman–Crippen LogP) is -0.691. The Kier molecular flexibility index (Phi) is 1.91. The molecule has 1 radical (unpaired) electrons. The van der Waals surface area contributed by atoms with E-state index in [1.165, 1.54) is 0 Å². The third-order valence-corrected chi connectivity index (χ3v) is 0.226. The molecule has 0 aromatic heterocycles. The lowest BCUT2D eigenvalue weighted by Gasteiger charge is -1.72. The molecule has 2 heteroatoms. The van der Waals surface area contributed by atoms with Crippen LogP contribution in [0, 0.1) is 18.8 Å². The molecule has 31 valence electrons. The molecule has 1 amide bonds. The van der Waals surface area contributed by atoms with Crippen LogP contribution in [0.2, 0.25) is 0 Å². The number of nitrogens with two attached hydrogens (primary N) is 1. The molecule has 0 heterocycles. The maximum absolute atomic E-state index is 9.62. The van der Waals surface area contributed by atoms with Gasteiger partial charge in [-0.05, 0) is 0 Å². The summed E-state index contributed by atoms with van der Waals surface area (Å²) in [5, 5.41) is 0. The second-order valence-electron chi connectivity index (χ2n) is 0.713. The van der Waals surface area contributed by atoms with Crippen LogP contribution in [0.4, 0.5) is 0 Å². The van der Waals surface area contributed by atoms with E-state index in [-0.39, 0.29) is 0 Å². The third kappa shape index (κ3) is 3.03. The molecule has 0 aliphatic carbocycles. The Morgan fingerprint density at radius 3 is 2.50 bits per heavy atom. The maximum Gasteiger partial charge on any atom is 0.234 e. The molecule has 0 spiro atoms. The van der Waals surface area contributed by atoms with Gasteiger partial charge in [-0.3, -0.25) is 4.79 Å². The minimum atomic E-state index is -0.572. The number of amides is 1. The van der Waals surface area contributed by atoms with Crippen LogP contribution in [0.25, 0.3) is 0 Å². The molecule has 0 aromatic rings. The molecule has 0 saturated carbocycles. The minimum absolute atomic E-state index is 0.572. The molecular weight excluding hydrogens is 78.0 g/mol. The van der Waals surface area contributed by atoms with Gasteiger partial charge in [-0.1, -0.05) is 5.92 Å². The smallest absolute Gasteiger partial charge is 0.234 e. The van der Waals surface area contributed by atoms with Gasteiger partial charge < -0.3 is 5.73 Å². The van der Waals surface area contributed by atoms with Gasteiger partial charge in [0.15, 0.2) is 0 Å². The quantitative estimate of drug-likeness (QED) is 0.418. The van der Waals surface area contributed by atoms with Crippen LogP contribution in [-0.4, -0.2) is 5.91 Å². The molecule has 0 fully saturated rings. The summed E-state index contributed by atoms with van der Waals surface area (Å²) >= 11 is 0. The Balaban J connectivity index is 3.13. The van der Waals surface area contributed by atoms with Gasteiger partial charge in [-0.2, -0.15) is 0 Å². The molecule has 2 N–H and O–H groups in total. The SMILES string of the molecule is C#C[CH]C(N)=O. The summed E-state index contributed by atoms with van der Waals surface area (Å²) in [5.41, 5.74) is 4.57. The average Bonchev–Trinajstić information content (AvgIpc) is 1.35. The molecule has 0 aliphatic rings. The first kappa shape index (κ1) is 5.03. The van der Waals surface area contributed by atoms with Crippen molar-refractivity contribution in [3.05, 3.63) is 6.42 Å². The zero-order valence-corrected chi connectivity index (χ0v) is 3.14. The van der Waals surface area contributed by atoms with Crippen LogP contribution < -0.4 is 5.73 Å². The van der Waals surface area contributed by atoms with Gasteiger partial charge in [0.1, 0.15) is 6.42 Å². The Labute approximate surface area is 36.3 Å². The largest absolute Gasteiger partial charge is 0.369 e. The van der Waals surface area contributed by atoms with Gasteiger partial charge >= 0.3 is 0 Å². The summed E-state index contributed by atoms with van der Waals surface area (Å²) in [6.07, 6.45) is 5.58. The molecule has 0 aromatic carbocycles. The second-order valence-corrected chi connectivity index (χ2v) is 0.713. The Morgan fingerprint density at radius 1 is 2.00 bits per heavy atom. The van der Waals surface area contributed by atoms with E-state index in [1.807, 2.05) is 5.92 Å². The Morgan fingerprint density at radius 2 is 2.50 bits per heavy atom. The molecule has 0 atom stereocenters. The van der Waals surface area contributed by atoms with Crippen molar-refractivity contribution in [2.75, 3.05) is 0 Å². The highest BCUT2D eigenvalue weighted by atomic mass is 16.1. The zero-order valence-electron chi connectivity index (χ0n) is 3.14. The van der Waals surface area contributed by atoms with E-state index in [4.69, 9.17) is 0 Å². The van der Waals surface area contributed by atoms with Crippen LogP contribution in [0.5, 0.6) is 0 Å². The summed E-state index contributed by atoms with van der Waals surface area (Å²) in [6.45, 7) is 0. The number of hydrogen-bond acceptors (Lipinski definition) is 1. The molecule has 0 bridgehead atoms. The van der Waals surface area contributed by atoms with Crippen LogP contribution in [0.1, 0.15) is 0 Å². The van der Waals surface area contributed by atoms with Crippen LogP contribution in [0.15, 0.2) is 0 Å². The van der Waals surface area contributed by atoms with Crippen molar-refractivity contribution in [2.45, 2.75) is 0 Å². The van der Waals surface area contributed by atoms with Gasteiger partial charge in [0.25, 0.3) is 0 Å². The van der Waals surface area contributed by atoms with E-state index < -0.39 is 5.91 Å². The van der Waals surface area contributed by atoms with Gasteiger partial charge in [0, 0.05) is 0 Å². The van der Waals surface area contributed by atoms with Crippen LogP contribution >= 0.6 is 0 Å². The van der Waals surface area contributed by atoms with E-state index in [9.17, 15) is 4.79 Å². The number of terminal acetylenes is 1. The van der Waals surface area contributed by atoms with E-state index in [1.54, 1.807) is 0 Å². The summed E-state index contributed by atoms with van der Waals surface area (Å²) in [6, 6.07) is 0. The highest BCUT2D eigenvalue weighted by Gasteiger charge is 1.82. The van der Waals surface area contributed by atoms with E-state index >= 15 is 0 Å². The first-order valence-corrected chi connectivity index (χ1v) is 1.36. The second kappa shape index (κ2) is 2.28. The number of rotatable bonds is 1. The van der Waals surface area contributed by atoms with Gasteiger partial charge in [-0.15, -0.1) is 6.42 Å². The number of carbonyl (C=O) groups excluding carboxylic acids is 1. The molecule has 0 saturated heterocycles. The van der Waals surface area contributed by atoms with Crippen molar-refractivity contribution in [1.29, 1.82) is 0 Å². The highest BCUT2D eigenvalue weighted by molar-refractivity contribution is 5.86. The summed E-state index contributed by atoms with van der Waals surface area (Å²) in [4.78, 5) is 9.62. The lowest BCUT2D eigenvalue weighted by Crippen LogP contribution is -2.08. The molecule has 2 nitrogen and oxygen atoms in total. The van der Waals surface area contributed by atoms with Crippen LogP contribution in [-0.2, 0) is 4.79 Å². The summed E-state index contributed by atoms with van der Waals surface area (Å²) in [5.74, 6) is 1.40. The maximum atomic E-state index is 9.62. The lowest BCUT2D eigenvalue weighted by molar-refractivity contribution is -0.114. The molecule has 6 heavy (non-hydrogen) atoms. The van der Waals surface area contributed by atoms with Gasteiger partial charge in [-0.25, -0.2) is 0 Å². The molecule has 0 unspecified atom stereocenters.